The standard InChI is InChI=1S/C15H28N4O3S/c1-16-15(19-13-6-2-3-7-13)17-9-11-23(20,21)18-12-14-8-4-5-10-22-14/h2-3,13-14,18H,4-12H2,1H3,(H2,16,17,19). The Labute approximate surface area is 139 Å². The molecule has 7 nitrogen and oxygen atoms in total. The van der Waals surface area contributed by atoms with Crippen LogP contribution in [-0.4, -0.2) is 59.0 Å². The lowest BCUT2D eigenvalue weighted by Crippen LogP contribution is -2.45. The van der Waals surface area contributed by atoms with E-state index < -0.39 is 10.0 Å². The third kappa shape index (κ3) is 6.88. The van der Waals surface area contributed by atoms with Gasteiger partial charge in [0.2, 0.25) is 10.0 Å². The van der Waals surface area contributed by atoms with Crippen molar-refractivity contribution >= 4 is 16.0 Å². The lowest BCUT2D eigenvalue weighted by Gasteiger charge is -2.22. The molecule has 0 amide bonds. The van der Waals surface area contributed by atoms with Crippen LogP contribution in [0.5, 0.6) is 0 Å². The summed E-state index contributed by atoms with van der Waals surface area (Å²) in [6, 6.07) is 0.347. The van der Waals surface area contributed by atoms with Gasteiger partial charge in [-0.2, -0.15) is 0 Å². The van der Waals surface area contributed by atoms with Crippen molar-refractivity contribution in [2.24, 2.45) is 4.99 Å². The fraction of sp³-hybridized carbons (Fsp3) is 0.800. The maximum Gasteiger partial charge on any atom is 0.213 e. The van der Waals surface area contributed by atoms with E-state index in [2.05, 4.69) is 32.5 Å². The summed E-state index contributed by atoms with van der Waals surface area (Å²) in [4.78, 5) is 4.12. The van der Waals surface area contributed by atoms with E-state index in [4.69, 9.17) is 4.74 Å². The molecule has 23 heavy (non-hydrogen) atoms. The number of aliphatic imine (C=N–C) groups is 1. The Morgan fingerprint density at radius 2 is 2.09 bits per heavy atom. The largest absolute Gasteiger partial charge is 0.377 e. The maximum absolute atomic E-state index is 12.0. The average molecular weight is 344 g/mol. The minimum atomic E-state index is -3.30. The van der Waals surface area contributed by atoms with Crippen LogP contribution in [0.4, 0.5) is 0 Å². The maximum atomic E-state index is 12.0. The van der Waals surface area contributed by atoms with E-state index in [1.807, 2.05) is 0 Å². The quantitative estimate of drug-likeness (QED) is 0.352. The fourth-order valence-corrected chi connectivity index (χ4v) is 3.64. The molecule has 2 rings (SSSR count). The molecule has 1 aliphatic carbocycles. The van der Waals surface area contributed by atoms with Crippen molar-refractivity contribution in [3.8, 4) is 0 Å². The molecule has 3 N–H and O–H groups in total. The van der Waals surface area contributed by atoms with Crippen molar-refractivity contribution in [1.29, 1.82) is 0 Å². The van der Waals surface area contributed by atoms with E-state index >= 15 is 0 Å². The molecular weight excluding hydrogens is 316 g/mol. The van der Waals surface area contributed by atoms with Crippen LogP contribution in [0.2, 0.25) is 0 Å². The molecule has 1 atom stereocenters. The average Bonchev–Trinajstić information content (AvgIpc) is 3.06. The summed E-state index contributed by atoms with van der Waals surface area (Å²) in [5, 5.41) is 6.33. The fourth-order valence-electron chi connectivity index (χ4n) is 2.69. The molecule has 1 unspecified atom stereocenters. The van der Waals surface area contributed by atoms with E-state index in [-0.39, 0.29) is 11.9 Å². The number of hydrogen-bond donors (Lipinski definition) is 3. The highest BCUT2D eigenvalue weighted by Gasteiger charge is 2.18. The van der Waals surface area contributed by atoms with Crippen molar-refractivity contribution in [3.05, 3.63) is 12.2 Å². The summed E-state index contributed by atoms with van der Waals surface area (Å²) < 4.78 is 32.2. The number of ether oxygens (including phenoxy) is 1. The van der Waals surface area contributed by atoms with Crippen molar-refractivity contribution < 1.29 is 13.2 Å². The molecule has 0 aromatic carbocycles. The van der Waals surface area contributed by atoms with Crippen molar-refractivity contribution in [1.82, 2.24) is 15.4 Å². The monoisotopic (exact) mass is 344 g/mol. The molecule has 0 radical (unpaired) electrons. The summed E-state index contributed by atoms with van der Waals surface area (Å²) in [5.74, 6) is 0.660. The highest BCUT2D eigenvalue weighted by molar-refractivity contribution is 7.89. The van der Waals surface area contributed by atoms with Gasteiger partial charge in [-0.1, -0.05) is 12.2 Å². The Morgan fingerprint density at radius 1 is 1.30 bits per heavy atom. The Kier molecular flexibility index (Phi) is 7.32. The smallest absolute Gasteiger partial charge is 0.213 e. The first-order chi connectivity index (χ1) is 11.1. The molecule has 1 fully saturated rings. The number of nitrogens with one attached hydrogen (secondary N) is 3. The zero-order valence-electron chi connectivity index (χ0n) is 13.8. The van der Waals surface area contributed by atoms with E-state index in [0.29, 0.717) is 25.1 Å². The number of hydrogen-bond acceptors (Lipinski definition) is 4. The van der Waals surface area contributed by atoms with Gasteiger partial charge < -0.3 is 15.4 Å². The van der Waals surface area contributed by atoms with E-state index in [0.717, 1.165) is 38.7 Å². The van der Waals surface area contributed by atoms with Gasteiger partial charge in [-0.05, 0) is 32.1 Å². The van der Waals surface area contributed by atoms with Gasteiger partial charge in [0, 0.05) is 32.8 Å². The molecule has 132 valence electrons. The Hall–Kier alpha value is -1.12. The normalized spacial score (nSPS) is 23.2. The van der Waals surface area contributed by atoms with Crippen LogP contribution in [0.3, 0.4) is 0 Å². The summed E-state index contributed by atoms with van der Waals surface area (Å²) >= 11 is 0. The highest BCUT2D eigenvalue weighted by Crippen LogP contribution is 2.11. The summed E-state index contributed by atoms with van der Waals surface area (Å²) in [7, 11) is -1.61. The molecule has 0 spiro atoms. The second-order valence-corrected chi connectivity index (χ2v) is 7.87. The third-order valence-electron chi connectivity index (χ3n) is 4.04. The van der Waals surface area contributed by atoms with Crippen LogP contribution < -0.4 is 15.4 Å². The van der Waals surface area contributed by atoms with Crippen molar-refractivity contribution in [2.75, 3.05) is 32.5 Å². The van der Waals surface area contributed by atoms with E-state index in [9.17, 15) is 8.42 Å². The SMILES string of the molecule is CN=C(NCCS(=O)(=O)NCC1CCCCO1)NC1CC=CC1. The van der Waals surface area contributed by atoms with Crippen LogP contribution in [0.1, 0.15) is 32.1 Å². The first-order valence-corrected chi connectivity index (χ1v) is 9.95. The number of rotatable bonds is 7. The van der Waals surface area contributed by atoms with Crippen LogP contribution in [-0.2, 0) is 14.8 Å². The van der Waals surface area contributed by atoms with Gasteiger partial charge >= 0.3 is 0 Å². The second kappa shape index (κ2) is 9.24. The van der Waals surface area contributed by atoms with Crippen LogP contribution in [0.25, 0.3) is 0 Å². The first-order valence-electron chi connectivity index (χ1n) is 8.30. The van der Waals surface area contributed by atoms with Crippen LogP contribution >= 0.6 is 0 Å². The molecule has 1 heterocycles. The number of sulfonamides is 1. The summed E-state index contributed by atoms with van der Waals surface area (Å²) in [5.41, 5.74) is 0. The Bertz CT molecular complexity index is 505. The number of guanidine groups is 1. The molecule has 8 heteroatoms. The molecule has 0 aromatic rings. The third-order valence-corrected chi connectivity index (χ3v) is 5.39. The van der Waals surface area contributed by atoms with Gasteiger partial charge in [0.25, 0.3) is 0 Å². The van der Waals surface area contributed by atoms with E-state index in [1.165, 1.54) is 0 Å². The molecule has 0 aromatic heterocycles. The molecule has 0 bridgehead atoms. The zero-order chi connectivity index (χ0) is 16.5. The van der Waals surface area contributed by atoms with Crippen LogP contribution in [0.15, 0.2) is 17.1 Å². The Morgan fingerprint density at radius 3 is 2.74 bits per heavy atom. The highest BCUT2D eigenvalue weighted by atomic mass is 32.2. The lowest BCUT2D eigenvalue weighted by atomic mass is 10.1. The van der Waals surface area contributed by atoms with Crippen molar-refractivity contribution in [2.45, 2.75) is 44.2 Å². The second-order valence-electron chi connectivity index (χ2n) is 5.94. The molecule has 0 saturated carbocycles. The van der Waals surface area contributed by atoms with Gasteiger partial charge in [-0.15, -0.1) is 0 Å². The first kappa shape index (κ1) is 18.2. The zero-order valence-corrected chi connectivity index (χ0v) is 14.6. The molecule has 1 saturated heterocycles. The molecule has 2 aliphatic rings. The van der Waals surface area contributed by atoms with Gasteiger partial charge in [0.15, 0.2) is 5.96 Å². The molecular formula is C15H28N4O3S. The predicted octanol–water partition coefficient (Wildman–Crippen LogP) is 0.359. The minimum absolute atomic E-state index is 0.00998. The summed E-state index contributed by atoms with van der Waals surface area (Å²) in [6.07, 6.45) is 9.31. The van der Waals surface area contributed by atoms with Crippen LogP contribution in [0, 0.1) is 0 Å². The van der Waals surface area contributed by atoms with Gasteiger partial charge in [0.05, 0.1) is 11.9 Å². The predicted molar refractivity (Wildman–Crippen MR) is 92.0 cm³/mol. The van der Waals surface area contributed by atoms with E-state index in [1.54, 1.807) is 7.05 Å². The summed E-state index contributed by atoms with van der Waals surface area (Å²) in [6.45, 7) is 1.41. The topological polar surface area (TPSA) is 91.8 Å². The Balaban J connectivity index is 1.64. The minimum Gasteiger partial charge on any atom is -0.377 e. The lowest BCUT2D eigenvalue weighted by molar-refractivity contribution is 0.0200. The van der Waals surface area contributed by atoms with Gasteiger partial charge in [-0.25, -0.2) is 13.1 Å². The van der Waals surface area contributed by atoms with Crippen molar-refractivity contribution in [3.63, 3.8) is 0 Å². The molecule has 1 aliphatic heterocycles. The van der Waals surface area contributed by atoms with Gasteiger partial charge in [-0.3, -0.25) is 4.99 Å². The number of nitrogens with zero attached hydrogens (tertiary/aromatic N) is 1. The van der Waals surface area contributed by atoms with Gasteiger partial charge in [0.1, 0.15) is 0 Å².